The van der Waals surface area contributed by atoms with E-state index in [-0.39, 0.29) is 5.91 Å². The molecule has 28 heavy (non-hydrogen) atoms. The number of piperidine rings is 1. The number of hydrogen-bond acceptors (Lipinski definition) is 5. The molecule has 0 unspecified atom stereocenters. The Morgan fingerprint density at radius 2 is 1.93 bits per heavy atom. The first-order valence-electron chi connectivity index (χ1n) is 9.07. The molecule has 2 fully saturated rings. The van der Waals surface area contributed by atoms with Crippen molar-refractivity contribution in [2.24, 2.45) is 4.99 Å². The third-order valence-electron chi connectivity index (χ3n) is 4.74. The minimum Gasteiger partial charge on any atom is -0.450 e. The summed E-state index contributed by atoms with van der Waals surface area (Å²) in [6, 6.07) is 10.1. The van der Waals surface area contributed by atoms with Gasteiger partial charge in [-0.15, -0.1) is 0 Å². The monoisotopic (exact) mass is 571 g/mol. The van der Waals surface area contributed by atoms with Gasteiger partial charge < -0.3 is 9.32 Å². The normalized spacial score (nSPS) is 20.6. The fourth-order valence-electron chi connectivity index (χ4n) is 3.22. The maximum atomic E-state index is 12.6. The zero-order chi connectivity index (χ0) is 19.7. The van der Waals surface area contributed by atoms with Gasteiger partial charge in [0, 0.05) is 54.5 Å². The lowest BCUT2D eigenvalue weighted by molar-refractivity contribution is -0.121. The number of nitrogens with zero attached hydrogens (tertiary/aromatic N) is 3. The molecule has 8 heteroatoms. The molecule has 0 spiro atoms. The first-order valence-corrected chi connectivity index (χ1v) is 11.8. The number of likely N-dealkylation sites (N-methyl/N-ethyl adjacent to an activating group) is 1. The van der Waals surface area contributed by atoms with Crippen molar-refractivity contribution in [2.75, 3.05) is 25.0 Å². The van der Waals surface area contributed by atoms with Gasteiger partial charge in [0.2, 0.25) is 0 Å². The van der Waals surface area contributed by atoms with Crippen LogP contribution in [-0.4, -0.2) is 36.1 Å². The number of halogens is 2. The molecule has 146 valence electrons. The van der Waals surface area contributed by atoms with Gasteiger partial charge >= 0.3 is 0 Å². The number of hydrogen-bond donors (Lipinski definition) is 0. The van der Waals surface area contributed by atoms with E-state index in [1.165, 1.54) is 36.7 Å². The molecular formula is C20H19BrIN3O2S. The molecular weight excluding hydrogens is 553 g/mol. The number of thioether (sulfide) groups is 1. The first-order chi connectivity index (χ1) is 13.5. The molecule has 4 rings (SSSR count). The Balaban J connectivity index is 1.52. The van der Waals surface area contributed by atoms with Gasteiger partial charge in [-0.2, -0.15) is 0 Å². The number of carbonyl (C=O) groups is 1. The zero-order valence-electron chi connectivity index (χ0n) is 15.3. The highest BCUT2D eigenvalue weighted by Crippen LogP contribution is 2.35. The van der Waals surface area contributed by atoms with Crippen molar-refractivity contribution in [3.05, 3.63) is 49.2 Å². The van der Waals surface area contributed by atoms with Crippen molar-refractivity contribution in [1.82, 2.24) is 4.90 Å². The van der Waals surface area contributed by atoms with Crippen molar-refractivity contribution in [1.29, 1.82) is 0 Å². The van der Waals surface area contributed by atoms with Crippen LogP contribution in [-0.2, 0) is 4.79 Å². The van der Waals surface area contributed by atoms with E-state index < -0.39 is 0 Å². The average molecular weight is 572 g/mol. The van der Waals surface area contributed by atoms with Crippen LogP contribution in [0.25, 0.3) is 6.08 Å². The molecule has 5 nitrogen and oxygen atoms in total. The van der Waals surface area contributed by atoms with Crippen LogP contribution < -0.4 is 4.90 Å². The Morgan fingerprint density at radius 3 is 2.57 bits per heavy atom. The van der Waals surface area contributed by atoms with E-state index in [9.17, 15) is 4.79 Å². The Kier molecular flexibility index (Phi) is 6.17. The van der Waals surface area contributed by atoms with E-state index in [1.807, 2.05) is 18.2 Å². The Labute approximate surface area is 190 Å². The van der Waals surface area contributed by atoms with Crippen LogP contribution in [0.4, 0.5) is 11.4 Å². The Morgan fingerprint density at radius 1 is 1.21 bits per heavy atom. The molecule has 0 atom stereocenters. The van der Waals surface area contributed by atoms with Crippen LogP contribution >= 0.6 is 50.3 Å². The molecule has 1 amide bonds. The lowest BCUT2D eigenvalue weighted by atomic mass is 10.1. The molecule has 0 aliphatic carbocycles. The second kappa shape index (κ2) is 8.62. The number of anilines is 1. The quantitative estimate of drug-likeness (QED) is 0.341. The number of furan rings is 1. The highest BCUT2D eigenvalue weighted by molar-refractivity contribution is 14.1. The summed E-state index contributed by atoms with van der Waals surface area (Å²) in [7, 11) is 1.75. The third-order valence-corrected chi connectivity index (χ3v) is 7.93. The first kappa shape index (κ1) is 20.0. The molecule has 1 aromatic carbocycles. The molecule has 3 heterocycles. The average Bonchev–Trinajstić information content (AvgIpc) is 3.16. The molecule has 2 aliphatic heterocycles. The van der Waals surface area contributed by atoms with Crippen LogP contribution in [0.1, 0.15) is 25.0 Å². The summed E-state index contributed by atoms with van der Waals surface area (Å²) >= 11 is 6.89. The van der Waals surface area contributed by atoms with Gasteiger partial charge in [0.15, 0.2) is 8.93 Å². The number of carbonyl (C=O) groups excluding carboxylic acids is 1. The lowest BCUT2D eigenvalue weighted by Gasteiger charge is -2.28. The second-order valence-corrected chi connectivity index (χ2v) is 9.55. The predicted molar refractivity (Wildman–Crippen MR) is 127 cm³/mol. The van der Waals surface area contributed by atoms with Crippen molar-refractivity contribution in [3.8, 4) is 0 Å². The minimum absolute atomic E-state index is 0.0729. The molecule has 2 aromatic rings. The SMILES string of the molecule is CN1C(=O)/C(=C/c2cc(Br)c(I)o2)SC1=Nc1ccc(N2CCCCC2)cc1. The van der Waals surface area contributed by atoms with Gasteiger partial charge in [0.1, 0.15) is 5.76 Å². The molecule has 2 aliphatic rings. The van der Waals surface area contributed by atoms with Gasteiger partial charge in [0.05, 0.1) is 15.1 Å². The highest BCUT2D eigenvalue weighted by Gasteiger charge is 2.30. The van der Waals surface area contributed by atoms with Gasteiger partial charge in [-0.1, -0.05) is 0 Å². The number of amides is 1. The van der Waals surface area contributed by atoms with Crippen LogP contribution in [0.5, 0.6) is 0 Å². The minimum atomic E-state index is -0.0729. The summed E-state index contributed by atoms with van der Waals surface area (Å²) in [6.45, 7) is 2.24. The summed E-state index contributed by atoms with van der Waals surface area (Å²) < 4.78 is 7.26. The molecule has 2 saturated heterocycles. The van der Waals surface area contributed by atoms with E-state index >= 15 is 0 Å². The maximum absolute atomic E-state index is 12.6. The van der Waals surface area contributed by atoms with Gasteiger partial charge in [-0.05, 0) is 77.3 Å². The largest absolute Gasteiger partial charge is 0.450 e. The van der Waals surface area contributed by atoms with Gasteiger partial charge in [0.25, 0.3) is 5.91 Å². The second-order valence-electron chi connectivity index (χ2n) is 6.70. The van der Waals surface area contributed by atoms with E-state index in [4.69, 9.17) is 4.42 Å². The lowest BCUT2D eigenvalue weighted by Crippen LogP contribution is -2.29. The molecule has 1 aromatic heterocycles. The van der Waals surface area contributed by atoms with Crippen molar-refractivity contribution in [2.45, 2.75) is 19.3 Å². The summed E-state index contributed by atoms with van der Waals surface area (Å²) in [4.78, 5) is 21.8. The molecule has 0 radical (unpaired) electrons. The summed E-state index contributed by atoms with van der Waals surface area (Å²) in [5.74, 6) is 0.573. The fourth-order valence-corrected chi connectivity index (χ4v) is 4.90. The number of benzene rings is 1. The van der Waals surface area contributed by atoms with Crippen molar-refractivity contribution < 1.29 is 9.21 Å². The van der Waals surface area contributed by atoms with E-state index in [2.05, 4.69) is 60.5 Å². The van der Waals surface area contributed by atoms with Crippen molar-refractivity contribution >= 4 is 78.8 Å². The van der Waals surface area contributed by atoms with Crippen LogP contribution in [0.15, 0.2) is 49.1 Å². The van der Waals surface area contributed by atoms with E-state index in [0.29, 0.717) is 15.8 Å². The Hall–Kier alpha value is -1.26. The maximum Gasteiger partial charge on any atom is 0.266 e. The predicted octanol–water partition coefficient (Wildman–Crippen LogP) is 5.87. The number of aliphatic imine (C=N–C) groups is 1. The Bertz CT molecular complexity index is 929. The van der Waals surface area contributed by atoms with E-state index in [1.54, 1.807) is 18.0 Å². The third kappa shape index (κ3) is 4.33. The molecule has 0 N–H and O–H groups in total. The molecule has 0 bridgehead atoms. The van der Waals surface area contributed by atoms with Crippen LogP contribution in [0.2, 0.25) is 0 Å². The summed E-state index contributed by atoms with van der Waals surface area (Å²) in [5, 5.41) is 0.669. The number of rotatable bonds is 3. The van der Waals surface area contributed by atoms with E-state index in [0.717, 1.165) is 27.0 Å². The smallest absolute Gasteiger partial charge is 0.266 e. The van der Waals surface area contributed by atoms with Crippen LogP contribution in [0, 0.1) is 3.77 Å². The highest BCUT2D eigenvalue weighted by atomic mass is 127. The fraction of sp³-hybridized carbons (Fsp3) is 0.300. The van der Waals surface area contributed by atoms with Gasteiger partial charge in [-0.3, -0.25) is 9.69 Å². The molecule has 0 saturated carbocycles. The van der Waals surface area contributed by atoms with Crippen LogP contribution in [0.3, 0.4) is 0 Å². The van der Waals surface area contributed by atoms with Gasteiger partial charge in [-0.25, -0.2) is 4.99 Å². The topological polar surface area (TPSA) is 49.1 Å². The summed E-state index contributed by atoms with van der Waals surface area (Å²) in [5.41, 5.74) is 2.09. The summed E-state index contributed by atoms with van der Waals surface area (Å²) in [6.07, 6.45) is 5.60. The standard InChI is InChI=1S/C20H19BrIN3O2S/c1-24-19(26)17(12-15-11-16(21)18(22)27-15)28-20(24)23-13-5-7-14(8-6-13)25-9-3-2-4-10-25/h5-8,11-12H,2-4,9-10H2,1H3/b17-12-,23-20?. The number of amidine groups is 1. The van der Waals surface area contributed by atoms with Crippen molar-refractivity contribution in [3.63, 3.8) is 0 Å². The zero-order valence-corrected chi connectivity index (χ0v) is 19.9.